The number of thioether (sulfide) groups is 1. The van der Waals surface area contributed by atoms with Gasteiger partial charge in [0, 0.05) is 29.7 Å². The molecule has 0 radical (unpaired) electrons. The third-order valence-corrected chi connectivity index (χ3v) is 3.23. The van der Waals surface area contributed by atoms with Crippen LogP contribution in [-0.2, 0) is 10.5 Å². The number of nitrogen functional groups attached to an aromatic ring is 1. The Bertz CT molecular complexity index is 227. The molecule has 1 aromatic heterocycles. The lowest BCUT2D eigenvalue weighted by molar-refractivity contribution is 0.218. The molecular weight excluding hydrogens is 192 g/mol. The average molecular weight is 204 g/mol. The van der Waals surface area contributed by atoms with Gasteiger partial charge in [0.15, 0.2) is 5.13 Å². The Kier molecular flexibility index (Phi) is 4.42. The number of ether oxygens (including phenoxy) is 1. The fraction of sp³-hybridized carbons (Fsp3) is 0.571. The smallest absolute Gasteiger partial charge is 0.180 e. The van der Waals surface area contributed by atoms with Gasteiger partial charge < -0.3 is 10.5 Å². The number of nitrogens with zero attached hydrogens (tertiary/aromatic N) is 1. The summed E-state index contributed by atoms with van der Waals surface area (Å²) in [6, 6.07) is 0. The van der Waals surface area contributed by atoms with E-state index in [1.54, 1.807) is 18.4 Å². The fourth-order valence-corrected chi connectivity index (χ4v) is 2.37. The molecule has 5 heteroatoms. The van der Waals surface area contributed by atoms with Crippen LogP contribution in [0.1, 0.15) is 4.88 Å². The van der Waals surface area contributed by atoms with E-state index in [0.717, 1.165) is 18.1 Å². The molecule has 1 heterocycles. The van der Waals surface area contributed by atoms with Crippen molar-refractivity contribution in [2.24, 2.45) is 0 Å². The van der Waals surface area contributed by atoms with Crippen molar-refractivity contribution in [1.29, 1.82) is 0 Å². The van der Waals surface area contributed by atoms with E-state index in [4.69, 9.17) is 10.5 Å². The third-order valence-electron chi connectivity index (χ3n) is 1.25. The molecule has 0 saturated heterocycles. The van der Waals surface area contributed by atoms with Crippen molar-refractivity contribution in [1.82, 2.24) is 4.98 Å². The number of aromatic nitrogens is 1. The summed E-state index contributed by atoms with van der Waals surface area (Å²) in [5, 5.41) is 0.650. The Labute approximate surface area is 80.3 Å². The first-order valence-corrected chi connectivity index (χ1v) is 5.57. The van der Waals surface area contributed by atoms with Crippen LogP contribution in [0.5, 0.6) is 0 Å². The van der Waals surface area contributed by atoms with Crippen molar-refractivity contribution in [3.8, 4) is 0 Å². The molecule has 1 rings (SSSR count). The van der Waals surface area contributed by atoms with Gasteiger partial charge in [0.25, 0.3) is 0 Å². The number of anilines is 1. The summed E-state index contributed by atoms with van der Waals surface area (Å²) >= 11 is 3.38. The number of hydrogen-bond donors (Lipinski definition) is 1. The molecule has 1 aromatic rings. The predicted molar refractivity (Wildman–Crippen MR) is 54.6 cm³/mol. The second-order valence-corrected chi connectivity index (χ2v) is 4.46. The van der Waals surface area contributed by atoms with Crippen LogP contribution in [0, 0.1) is 0 Å². The van der Waals surface area contributed by atoms with E-state index in [1.165, 1.54) is 4.88 Å². The minimum atomic E-state index is 0.650. The molecule has 0 aliphatic carbocycles. The van der Waals surface area contributed by atoms with E-state index in [0.29, 0.717) is 5.13 Å². The van der Waals surface area contributed by atoms with Crippen LogP contribution in [0.15, 0.2) is 6.20 Å². The Morgan fingerprint density at radius 1 is 1.75 bits per heavy atom. The largest absolute Gasteiger partial charge is 0.384 e. The zero-order valence-electron chi connectivity index (χ0n) is 6.95. The first kappa shape index (κ1) is 9.83. The summed E-state index contributed by atoms with van der Waals surface area (Å²) in [7, 11) is 1.71. The lowest BCUT2D eigenvalue weighted by atomic mass is 10.6. The molecule has 0 spiro atoms. The third kappa shape index (κ3) is 3.42. The Hall–Kier alpha value is -0.260. The van der Waals surface area contributed by atoms with Crippen molar-refractivity contribution in [3.63, 3.8) is 0 Å². The molecule has 0 unspecified atom stereocenters. The number of rotatable bonds is 5. The molecule has 68 valence electrons. The van der Waals surface area contributed by atoms with Crippen LogP contribution < -0.4 is 5.73 Å². The van der Waals surface area contributed by atoms with Gasteiger partial charge in [0.1, 0.15) is 0 Å². The van der Waals surface area contributed by atoms with Gasteiger partial charge in [-0.3, -0.25) is 0 Å². The first-order valence-electron chi connectivity index (χ1n) is 3.60. The lowest BCUT2D eigenvalue weighted by Crippen LogP contribution is -1.91. The maximum absolute atomic E-state index is 5.48. The Morgan fingerprint density at radius 3 is 3.17 bits per heavy atom. The van der Waals surface area contributed by atoms with Gasteiger partial charge in [-0.25, -0.2) is 4.98 Å². The molecule has 0 aromatic carbocycles. The van der Waals surface area contributed by atoms with Gasteiger partial charge in [-0.2, -0.15) is 11.8 Å². The van der Waals surface area contributed by atoms with Crippen molar-refractivity contribution in [2.75, 3.05) is 25.2 Å². The van der Waals surface area contributed by atoms with Gasteiger partial charge in [0.2, 0.25) is 0 Å². The summed E-state index contributed by atoms with van der Waals surface area (Å²) in [6.45, 7) is 0.805. The van der Waals surface area contributed by atoms with Gasteiger partial charge in [-0.15, -0.1) is 11.3 Å². The molecule has 2 N–H and O–H groups in total. The maximum atomic E-state index is 5.48. The van der Waals surface area contributed by atoms with Crippen LogP contribution in [0.2, 0.25) is 0 Å². The zero-order chi connectivity index (χ0) is 8.81. The highest BCUT2D eigenvalue weighted by Gasteiger charge is 1.97. The molecule has 0 aliphatic rings. The monoisotopic (exact) mass is 204 g/mol. The number of nitrogens with two attached hydrogens (primary N) is 1. The lowest BCUT2D eigenvalue weighted by Gasteiger charge is -1.96. The van der Waals surface area contributed by atoms with Gasteiger partial charge >= 0.3 is 0 Å². The quantitative estimate of drug-likeness (QED) is 0.740. The summed E-state index contributed by atoms with van der Waals surface area (Å²) in [5.74, 6) is 2.01. The molecule has 0 atom stereocenters. The molecule has 12 heavy (non-hydrogen) atoms. The van der Waals surface area contributed by atoms with Crippen LogP contribution >= 0.6 is 23.1 Å². The molecule has 3 nitrogen and oxygen atoms in total. The standard InChI is InChI=1S/C7H12N2OS2/c1-10-2-3-11-5-6-4-9-7(8)12-6/h4H,2-3,5H2,1H3,(H2,8,9). The van der Waals surface area contributed by atoms with Crippen molar-refractivity contribution in [3.05, 3.63) is 11.1 Å². The highest BCUT2D eigenvalue weighted by molar-refractivity contribution is 7.98. The number of thiazole rings is 1. The molecule has 0 amide bonds. The van der Waals surface area contributed by atoms with Gasteiger partial charge in [0.05, 0.1) is 6.61 Å². The van der Waals surface area contributed by atoms with Crippen LogP contribution in [0.3, 0.4) is 0 Å². The molecular formula is C7H12N2OS2. The summed E-state index contributed by atoms with van der Waals surface area (Å²) < 4.78 is 4.93. The highest BCUT2D eigenvalue weighted by Crippen LogP contribution is 2.19. The minimum absolute atomic E-state index is 0.650. The SMILES string of the molecule is COCCSCc1cnc(N)s1. The van der Waals surface area contributed by atoms with Gasteiger partial charge in [-0.1, -0.05) is 0 Å². The van der Waals surface area contributed by atoms with Crippen molar-refractivity contribution >= 4 is 28.2 Å². The maximum Gasteiger partial charge on any atom is 0.180 e. The van der Waals surface area contributed by atoms with E-state index >= 15 is 0 Å². The first-order chi connectivity index (χ1) is 5.83. The Morgan fingerprint density at radius 2 is 2.58 bits per heavy atom. The van der Waals surface area contributed by atoms with E-state index in [9.17, 15) is 0 Å². The predicted octanol–water partition coefficient (Wildman–Crippen LogP) is 1.60. The van der Waals surface area contributed by atoms with Crippen molar-refractivity contribution in [2.45, 2.75) is 5.75 Å². The normalized spacial score (nSPS) is 10.4. The molecule has 0 fully saturated rings. The molecule has 0 bridgehead atoms. The van der Waals surface area contributed by atoms with Gasteiger partial charge in [-0.05, 0) is 0 Å². The van der Waals surface area contributed by atoms with Crippen LogP contribution in [-0.4, -0.2) is 24.5 Å². The van der Waals surface area contributed by atoms with Crippen molar-refractivity contribution < 1.29 is 4.74 Å². The Balaban J connectivity index is 2.15. The molecule has 0 aliphatic heterocycles. The zero-order valence-corrected chi connectivity index (χ0v) is 8.58. The number of hydrogen-bond acceptors (Lipinski definition) is 5. The second-order valence-electron chi connectivity index (χ2n) is 2.21. The molecule has 0 saturated carbocycles. The van der Waals surface area contributed by atoms with E-state index in [2.05, 4.69) is 4.98 Å². The van der Waals surface area contributed by atoms with Crippen LogP contribution in [0.4, 0.5) is 5.13 Å². The number of methoxy groups -OCH3 is 1. The average Bonchev–Trinajstić information content (AvgIpc) is 2.45. The minimum Gasteiger partial charge on any atom is -0.384 e. The summed E-state index contributed by atoms with van der Waals surface area (Å²) in [6.07, 6.45) is 1.83. The highest BCUT2D eigenvalue weighted by atomic mass is 32.2. The van der Waals surface area contributed by atoms with Crippen LogP contribution in [0.25, 0.3) is 0 Å². The second kappa shape index (κ2) is 5.40. The fourth-order valence-electron chi connectivity index (χ4n) is 0.704. The van der Waals surface area contributed by atoms with E-state index in [1.807, 2.05) is 18.0 Å². The topological polar surface area (TPSA) is 48.1 Å². The van der Waals surface area contributed by atoms with E-state index in [-0.39, 0.29) is 0 Å². The summed E-state index contributed by atoms with van der Waals surface area (Å²) in [4.78, 5) is 5.20. The van der Waals surface area contributed by atoms with E-state index < -0.39 is 0 Å². The summed E-state index contributed by atoms with van der Waals surface area (Å²) in [5.41, 5.74) is 5.48.